The number of hydrogen-bond donors (Lipinski definition) is 0. The van der Waals surface area contributed by atoms with Gasteiger partial charge >= 0.3 is 0 Å². The normalized spacial score (nSPS) is 15.5. The van der Waals surface area contributed by atoms with Crippen LogP contribution in [-0.4, -0.2) is 0 Å². The Morgan fingerprint density at radius 3 is 1.88 bits per heavy atom. The molecule has 0 unspecified atom stereocenters. The standard InChI is InChI=1S/C32H21BrO/c1-32(27-13-4-2-8-23(27)24-9-3-5-14-28(24)32)21-18-16-20(17-19-21)22-10-6-11-25-26-12-7-15-29(33)31(26)34-30(22)25/h2-19H,1H3/i1D3. The van der Waals surface area contributed by atoms with E-state index in [1.54, 1.807) is 0 Å². The van der Waals surface area contributed by atoms with Gasteiger partial charge in [-0.05, 0) is 62.2 Å². The second kappa shape index (κ2) is 7.19. The molecule has 0 aliphatic heterocycles. The Kier molecular flexibility index (Phi) is 3.57. The predicted molar refractivity (Wildman–Crippen MR) is 144 cm³/mol. The van der Waals surface area contributed by atoms with E-state index < -0.39 is 12.3 Å². The van der Waals surface area contributed by atoms with Crippen molar-refractivity contribution >= 4 is 37.9 Å². The van der Waals surface area contributed by atoms with Crippen LogP contribution in [-0.2, 0) is 5.41 Å². The maximum Gasteiger partial charge on any atom is 0.149 e. The minimum atomic E-state index is -2.29. The van der Waals surface area contributed by atoms with E-state index in [4.69, 9.17) is 8.53 Å². The van der Waals surface area contributed by atoms with Crippen molar-refractivity contribution in [3.05, 3.63) is 130 Å². The van der Waals surface area contributed by atoms with Crippen LogP contribution in [0.4, 0.5) is 0 Å². The van der Waals surface area contributed by atoms with Gasteiger partial charge in [-0.25, -0.2) is 0 Å². The number of rotatable bonds is 2. The van der Waals surface area contributed by atoms with E-state index in [1.807, 2.05) is 97.1 Å². The molecule has 0 radical (unpaired) electrons. The number of benzene rings is 5. The van der Waals surface area contributed by atoms with E-state index in [1.165, 1.54) is 0 Å². The summed E-state index contributed by atoms with van der Waals surface area (Å²) in [5, 5.41) is 2.11. The molecule has 34 heavy (non-hydrogen) atoms. The van der Waals surface area contributed by atoms with E-state index in [2.05, 4.69) is 28.1 Å². The fraction of sp³-hybridized carbons (Fsp3) is 0.0625. The van der Waals surface area contributed by atoms with Gasteiger partial charge in [0.1, 0.15) is 11.2 Å². The van der Waals surface area contributed by atoms with Gasteiger partial charge in [0.05, 0.1) is 4.47 Å². The maximum absolute atomic E-state index is 8.80. The van der Waals surface area contributed by atoms with Crippen molar-refractivity contribution in [2.75, 3.05) is 0 Å². The zero-order valence-electron chi connectivity index (χ0n) is 21.2. The van der Waals surface area contributed by atoms with Gasteiger partial charge in [0.15, 0.2) is 0 Å². The van der Waals surface area contributed by atoms with Crippen molar-refractivity contribution < 1.29 is 8.53 Å². The topological polar surface area (TPSA) is 13.1 Å². The molecular weight excluding hydrogens is 480 g/mol. The fourth-order valence-corrected chi connectivity index (χ4v) is 5.91. The van der Waals surface area contributed by atoms with Crippen molar-refractivity contribution in [2.24, 2.45) is 0 Å². The van der Waals surface area contributed by atoms with Gasteiger partial charge in [0, 0.05) is 25.9 Å². The third-order valence-corrected chi connectivity index (χ3v) is 7.68. The summed E-state index contributed by atoms with van der Waals surface area (Å²) in [6, 6.07) is 36.0. The second-order valence-corrected chi connectivity index (χ2v) is 9.67. The predicted octanol–water partition coefficient (Wildman–Crippen LogP) is 9.35. The monoisotopic (exact) mass is 503 g/mol. The van der Waals surface area contributed by atoms with Gasteiger partial charge in [0.2, 0.25) is 0 Å². The van der Waals surface area contributed by atoms with Crippen LogP contribution in [0.2, 0.25) is 0 Å². The molecule has 0 saturated heterocycles. The van der Waals surface area contributed by atoms with Crippen LogP contribution in [0.25, 0.3) is 44.2 Å². The van der Waals surface area contributed by atoms with Crippen LogP contribution in [0.3, 0.4) is 0 Å². The number of hydrogen-bond acceptors (Lipinski definition) is 1. The lowest BCUT2D eigenvalue weighted by molar-refractivity contribution is 0.668. The fourth-order valence-electron chi connectivity index (χ4n) is 5.46. The Balaban J connectivity index is 1.45. The molecule has 1 heterocycles. The molecule has 0 fully saturated rings. The van der Waals surface area contributed by atoms with Crippen molar-refractivity contribution in [2.45, 2.75) is 12.3 Å². The zero-order chi connectivity index (χ0) is 25.4. The molecule has 1 aromatic heterocycles. The summed E-state index contributed by atoms with van der Waals surface area (Å²) < 4.78 is 33.6. The van der Waals surface area contributed by atoms with Crippen molar-refractivity contribution in [3.63, 3.8) is 0 Å². The van der Waals surface area contributed by atoms with Crippen molar-refractivity contribution in [1.82, 2.24) is 0 Å². The summed E-state index contributed by atoms with van der Waals surface area (Å²) in [7, 11) is 0. The summed E-state index contributed by atoms with van der Waals surface area (Å²) in [4.78, 5) is 0. The molecule has 0 bridgehead atoms. The van der Waals surface area contributed by atoms with Gasteiger partial charge in [0.25, 0.3) is 0 Å². The average Bonchev–Trinajstić information content (AvgIpc) is 3.44. The molecule has 0 N–H and O–H groups in total. The molecule has 7 rings (SSSR count). The van der Waals surface area contributed by atoms with Gasteiger partial charge in [-0.1, -0.05) is 103 Å². The van der Waals surface area contributed by atoms with Crippen LogP contribution in [0.1, 0.15) is 27.7 Å². The third kappa shape index (κ3) is 2.60. The Hall–Kier alpha value is -3.62. The van der Waals surface area contributed by atoms with Crippen LogP contribution in [0.15, 0.2) is 118 Å². The number of fused-ring (bicyclic) bond motifs is 6. The van der Waals surface area contributed by atoms with E-state index in [0.717, 1.165) is 65.4 Å². The van der Waals surface area contributed by atoms with Crippen LogP contribution in [0, 0.1) is 0 Å². The van der Waals surface area contributed by atoms with E-state index in [0.29, 0.717) is 0 Å². The molecule has 162 valence electrons. The van der Waals surface area contributed by atoms with Crippen molar-refractivity contribution in [3.8, 4) is 22.3 Å². The van der Waals surface area contributed by atoms with Crippen LogP contribution < -0.4 is 0 Å². The molecule has 0 saturated carbocycles. The Morgan fingerprint density at radius 2 is 1.21 bits per heavy atom. The quantitative estimate of drug-likeness (QED) is 0.229. The van der Waals surface area contributed by atoms with Crippen molar-refractivity contribution in [1.29, 1.82) is 0 Å². The summed E-state index contributed by atoms with van der Waals surface area (Å²) in [5.74, 6) is 0. The van der Waals surface area contributed by atoms with E-state index >= 15 is 0 Å². The van der Waals surface area contributed by atoms with Crippen LogP contribution >= 0.6 is 15.9 Å². The highest BCUT2D eigenvalue weighted by Crippen LogP contribution is 2.52. The molecule has 6 aromatic rings. The maximum atomic E-state index is 8.80. The number of furan rings is 1. The molecule has 1 aliphatic carbocycles. The average molecular weight is 504 g/mol. The summed E-state index contributed by atoms with van der Waals surface area (Å²) in [6.45, 7) is -2.29. The van der Waals surface area contributed by atoms with Gasteiger partial charge in [-0.2, -0.15) is 0 Å². The van der Waals surface area contributed by atoms with E-state index in [9.17, 15) is 0 Å². The minimum absolute atomic E-state index is 0.758. The van der Waals surface area contributed by atoms with Gasteiger partial charge in [-0.15, -0.1) is 0 Å². The summed E-state index contributed by atoms with van der Waals surface area (Å²) in [6.07, 6.45) is 0. The highest BCUT2D eigenvalue weighted by molar-refractivity contribution is 9.10. The highest BCUT2D eigenvalue weighted by Gasteiger charge is 2.40. The number of para-hydroxylation sites is 2. The Labute approximate surface area is 211 Å². The molecule has 0 spiro atoms. The molecule has 0 atom stereocenters. The molecule has 5 aromatic carbocycles. The first-order valence-corrected chi connectivity index (χ1v) is 12.1. The first-order chi connectivity index (χ1) is 17.9. The third-order valence-electron chi connectivity index (χ3n) is 7.06. The molecule has 2 heteroatoms. The summed E-state index contributed by atoms with van der Waals surface area (Å²) in [5.41, 5.74) is 6.73. The zero-order valence-corrected chi connectivity index (χ0v) is 19.8. The van der Waals surface area contributed by atoms with Gasteiger partial charge in [-0.3, -0.25) is 0 Å². The lowest BCUT2D eigenvalue weighted by Gasteiger charge is -2.28. The molecule has 1 aliphatic rings. The highest BCUT2D eigenvalue weighted by atomic mass is 79.9. The lowest BCUT2D eigenvalue weighted by atomic mass is 9.74. The van der Waals surface area contributed by atoms with Crippen LogP contribution in [0.5, 0.6) is 0 Å². The Bertz CT molecular complexity index is 1780. The lowest BCUT2D eigenvalue weighted by Crippen LogP contribution is -2.22. The number of halogens is 1. The second-order valence-electron chi connectivity index (χ2n) is 8.82. The first kappa shape index (κ1) is 16.9. The molecule has 1 nitrogen and oxygen atoms in total. The van der Waals surface area contributed by atoms with Gasteiger partial charge < -0.3 is 4.42 Å². The largest absolute Gasteiger partial charge is 0.454 e. The first-order valence-electron chi connectivity index (χ1n) is 12.8. The smallest absolute Gasteiger partial charge is 0.149 e. The van der Waals surface area contributed by atoms with E-state index in [-0.39, 0.29) is 0 Å². The SMILES string of the molecule is [2H]C([2H])([2H])C1(c2ccc(-c3cccc4c3oc3c(Br)cccc34)cc2)c2ccccc2-c2ccccc21. The molecule has 0 amide bonds. The minimum Gasteiger partial charge on any atom is -0.454 e. The summed E-state index contributed by atoms with van der Waals surface area (Å²) >= 11 is 3.61. The Morgan fingerprint density at radius 1 is 0.618 bits per heavy atom. The molecular formula is C32H21BrO.